The molecule has 6 nitrogen and oxygen atoms in total. The highest BCUT2D eigenvalue weighted by molar-refractivity contribution is 9.10. The van der Waals surface area contributed by atoms with Crippen LogP contribution in [0, 0.1) is 6.92 Å². The Kier molecular flexibility index (Phi) is 7.19. The van der Waals surface area contributed by atoms with Gasteiger partial charge in [0, 0.05) is 28.1 Å². The Bertz CT molecular complexity index is 1110. The molecule has 0 spiro atoms. The summed E-state index contributed by atoms with van der Waals surface area (Å²) in [4.78, 5) is 27.3. The molecule has 3 rings (SSSR count). The summed E-state index contributed by atoms with van der Waals surface area (Å²) < 4.78 is 2.56. The van der Waals surface area contributed by atoms with E-state index in [1.807, 2.05) is 50.2 Å². The minimum atomic E-state index is -0.274. The molecule has 2 aromatic carbocycles. The highest BCUT2D eigenvalue weighted by Gasteiger charge is 2.23. The van der Waals surface area contributed by atoms with Gasteiger partial charge in [-0.1, -0.05) is 60.5 Å². The number of rotatable bonds is 6. The van der Waals surface area contributed by atoms with Gasteiger partial charge >= 0.3 is 0 Å². The summed E-state index contributed by atoms with van der Waals surface area (Å²) in [5.41, 5.74) is 3.23. The standard InChI is InChI=1S/C25H29BrN4O2/c1-6-29(24(32)18-8-7-9-19(26)14-18)16-23(31)27-22-15-21(25(3,4)5)28-30(22)20-12-10-17(2)11-13-20/h7-15H,6,16H2,1-5H3,(H,27,31). The lowest BCUT2D eigenvalue weighted by atomic mass is 9.92. The van der Waals surface area contributed by atoms with Crippen molar-refractivity contribution in [3.63, 3.8) is 0 Å². The number of nitrogens with one attached hydrogen (secondary N) is 1. The number of aromatic nitrogens is 2. The van der Waals surface area contributed by atoms with Gasteiger partial charge in [-0.15, -0.1) is 0 Å². The van der Waals surface area contributed by atoms with Crippen LogP contribution in [0.15, 0.2) is 59.1 Å². The first-order valence-corrected chi connectivity index (χ1v) is 11.4. The summed E-state index contributed by atoms with van der Waals surface area (Å²) in [6.45, 7) is 10.5. The molecule has 0 saturated heterocycles. The molecule has 1 N–H and O–H groups in total. The summed E-state index contributed by atoms with van der Waals surface area (Å²) in [6, 6.07) is 17.0. The predicted molar refractivity (Wildman–Crippen MR) is 131 cm³/mol. The molecule has 2 amide bonds. The second kappa shape index (κ2) is 9.69. The van der Waals surface area contributed by atoms with E-state index in [0.717, 1.165) is 21.4 Å². The first-order valence-electron chi connectivity index (χ1n) is 10.6. The molecule has 0 aliphatic rings. The van der Waals surface area contributed by atoms with Crippen molar-refractivity contribution in [1.82, 2.24) is 14.7 Å². The number of nitrogens with zero attached hydrogens (tertiary/aromatic N) is 3. The highest BCUT2D eigenvalue weighted by Crippen LogP contribution is 2.26. The number of benzene rings is 2. The maximum Gasteiger partial charge on any atom is 0.254 e. The minimum Gasteiger partial charge on any atom is -0.330 e. The van der Waals surface area contributed by atoms with Gasteiger partial charge in [0.05, 0.1) is 11.4 Å². The monoisotopic (exact) mass is 496 g/mol. The number of halogens is 1. The van der Waals surface area contributed by atoms with Crippen molar-refractivity contribution in [1.29, 1.82) is 0 Å². The number of carbonyl (C=O) groups is 2. The summed E-state index contributed by atoms with van der Waals surface area (Å²) in [6.07, 6.45) is 0. The second-order valence-electron chi connectivity index (χ2n) is 8.79. The van der Waals surface area contributed by atoms with Gasteiger partial charge in [-0.2, -0.15) is 5.10 Å². The topological polar surface area (TPSA) is 67.2 Å². The van der Waals surface area contributed by atoms with Crippen molar-refractivity contribution in [2.24, 2.45) is 0 Å². The van der Waals surface area contributed by atoms with E-state index in [2.05, 4.69) is 42.0 Å². The van der Waals surface area contributed by atoms with Crippen LogP contribution in [0.1, 0.15) is 49.3 Å². The molecule has 0 radical (unpaired) electrons. The maximum absolute atomic E-state index is 12.9. The zero-order chi connectivity index (χ0) is 23.5. The third-order valence-electron chi connectivity index (χ3n) is 5.10. The molecule has 0 unspecified atom stereocenters. The quantitative estimate of drug-likeness (QED) is 0.500. The van der Waals surface area contributed by atoms with E-state index >= 15 is 0 Å². The molecule has 7 heteroatoms. The Morgan fingerprint density at radius 1 is 1.09 bits per heavy atom. The van der Waals surface area contributed by atoms with Crippen LogP contribution in [-0.2, 0) is 10.2 Å². The molecule has 3 aromatic rings. The van der Waals surface area contributed by atoms with Crippen LogP contribution < -0.4 is 5.32 Å². The fourth-order valence-corrected chi connectivity index (χ4v) is 3.61. The number of aryl methyl sites for hydroxylation is 1. The van der Waals surface area contributed by atoms with Gasteiger partial charge in [0.25, 0.3) is 5.91 Å². The van der Waals surface area contributed by atoms with Crippen molar-refractivity contribution < 1.29 is 9.59 Å². The summed E-state index contributed by atoms with van der Waals surface area (Å²) in [5.74, 6) is 0.116. The van der Waals surface area contributed by atoms with Crippen molar-refractivity contribution in [2.45, 2.75) is 40.0 Å². The Morgan fingerprint density at radius 2 is 1.78 bits per heavy atom. The summed E-state index contributed by atoms with van der Waals surface area (Å²) in [5, 5.41) is 7.70. The molecule has 0 bridgehead atoms. The summed E-state index contributed by atoms with van der Waals surface area (Å²) >= 11 is 3.39. The van der Waals surface area contributed by atoms with E-state index < -0.39 is 0 Å². The van der Waals surface area contributed by atoms with E-state index in [0.29, 0.717) is 17.9 Å². The molecule has 1 aromatic heterocycles. The molecular weight excluding hydrogens is 468 g/mol. The SMILES string of the molecule is CCN(CC(=O)Nc1cc(C(C)(C)C)nn1-c1ccc(C)cc1)C(=O)c1cccc(Br)c1. The normalized spacial score (nSPS) is 11.3. The van der Waals surface area contributed by atoms with Gasteiger partial charge in [0.1, 0.15) is 12.4 Å². The van der Waals surface area contributed by atoms with Gasteiger partial charge < -0.3 is 10.2 Å². The Morgan fingerprint density at radius 3 is 2.38 bits per heavy atom. The highest BCUT2D eigenvalue weighted by atomic mass is 79.9. The zero-order valence-electron chi connectivity index (χ0n) is 19.1. The lowest BCUT2D eigenvalue weighted by Crippen LogP contribution is -2.38. The number of amides is 2. The van der Waals surface area contributed by atoms with E-state index in [4.69, 9.17) is 5.10 Å². The zero-order valence-corrected chi connectivity index (χ0v) is 20.7. The van der Waals surface area contributed by atoms with Crippen molar-refractivity contribution >= 4 is 33.6 Å². The maximum atomic E-state index is 12.9. The van der Waals surface area contributed by atoms with Gasteiger partial charge in [0.15, 0.2) is 0 Å². The Balaban J connectivity index is 1.83. The van der Waals surface area contributed by atoms with Gasteiger partial charge in [0.2, 0.25) is 5.91 Å². The van der Waals surface area contributed by atoms with E-state index in [1.165, 1.54) is 4.90 Å². The predicted octanol–water partition coefficient (Wildman–Crippen LogP) is 5.34. The van der Waals surface area contributed by atoms with Crippen molar-refractivity contribution in [3.05, 3.63) is 75.9 Å². The first-order chi connectivity index (χ1) is 15.1. The van der Waals surface area contributed by atoms with Gasteiger partial charge in [-0.05, 0) is 44.2 Å². The largest absolute Gasteiger partial charge is 0.330 e. The number of hydrogen-bond donors (Lipinski definition) is 1. The molecular formula is C25H29BrN4O2. The van der Waals surface area contributed by atoms with E-state index in [9.17, 15) is 9.59 Å². The van der Waals surface area contributed by atoms with E-state index in [-0.39, 0.29) is 23.8 Å². The number of likely N-dealkylation sites (N-methyl/N-ethyl adjacent to an activating group) is 1. The third kappa shape index (κ3) is 5.65. The van der Waals surface area contributed by atoms with Crippen molar-refractivity contribution in [2.75, 3.05) is 18.4 Å². The van der Waals surface area contributed by atoms with Gasteiger partial charge in [-0.3, -0.25) is 9.59 Å². The average Bonchev–Trinajstić information content (AvgIpc) is 3.16. The van der Waals surface area contributed by atoms with Crippen LogP contribution in [0.25, 0.3) is 5.69 Å². The Labute approximate surface area is 197 Å². The smallest absolute Gasteiger partial charge is 0.254 e. The van der Waals surface area contributed by atoms with Crippen LogP contribution in [0.3, 0.4) is 0 Å². The molecule has 168 valence electrons. The lowest BCUT2D eigenvalue weighted by Gasteiger charge is -2.20. The Hall–Kier alpha value is -2.93. The molecule has 1 heterocycles. The van der Waals surface area contributed by atoms with Crippen LogP contribution in [0.5, 0.6) is 0 Å². The van der Waals surface area contributed by atoms with E-state index in [1.54, 1.807) is 22.9 Å². The molecule has 0 aliphatic heterocycles. The molecule has 0 fully saturated rings. The fraction of sp³-hybridized carbons (Fsp3) is 0.320. The number of anilines is 1. The number of hydrogen-bond acceptors (Lipinski definition) is 3. The molecule has 0 atom stereocenters. The molecule has 0 aliphatic carbocycles. The fourth-order valence-electron chi connectivity index (χ4n) is 3.21. The minimum absolute atomic E-state index is 0.0498. The van der Waals surface area contributed by atoms with Crippen LogP contribution in [0.4, 0.5) is 5.82 Å². The van der Waals surface area contributed by atoms with Crippen LogP contribution in [-0.4, -0.2) is 39.6 Å². The van der Waals surface area contributed by atoms with Crippen LogP contribution in [0.2, 0.25) is 0 Å². The lowest BCUT2D eigenvalue weighted by molar-refractivity contribution is -0.116. The van der Waals surface area contributed by atoms with Gasteiger partial charge in [-0.25, -0.2) is 4.68 Å². The van der Waals surface area contributed by atoms with Crippen molar-refractivity contribution in [3.8, 4) is 5.69 Å². The second-order valence-corrected chi connectivity index (χ2v) is 9.71. The third-order valence-corrected chi connectivity index (χ3v) is 5.59. The van der Waals surface area contributed by atoms with Crippen LogP contribution >= 0.6 is 15.9 Å². The summed E-state index contributed by atoms with van der Waals surface area (Å²) in [7, 11) is 0. The first kappa shape index (κ1) is 23.7. The molecule has 0 saturated carbocycles. The average molecular weight is 497 g/mol. The molecule has 32 heavy (non-hydrogen) atoms. The number of carbonyl (C=O) groups excluding carboxylic acids is 2.